The number of benzene rings is 1. The monoisotopic (exact) mass is 388 g/mol. The zero-order valence-electron chi connectivity index (χ0n) is 16.6. The highest BCUT2D eigenvalue weighted by atomic mass is 16.2. The van der Waals surface area contributed by atoms with E-state index in [2.05, 4.69) is 9.97 Å². The summed E-state index contributed by atoms with van der Waals surface area (Å²) in [6.45, 7) is 1.83. The smallest absolute Gasteiger partial charge is 0.226 e. The van der Waals surface area contributed by atoms with Crippen molar-refractivity contribution in [3.8, 4) is 11.3 Å². The Labute approximate surface area is 170 Å². The first-order valence-corrected chi connectivity index (χ1v) is 9.55. The van der Waals surface area contributed by atoms with E-state index < -0.39 is 0 Å². The summed E-state index contributed by atoms with van der Waals surface area (Å²) < 4.78 is 0. The minimum Gasteiger partial charge on any atom is -0.383 e. The van der Waals surface area contributed by atoms with Crippen molar-refractivity contribution >= 4 is 23.2 Å². The van der Waals surface area contributed by atoms with Crippen LogP contribution in [0.25, 0.3) is 11.3 Å². The molecular formula is C23H24N4O2. The molecule has 0 spiro atoms. The fraction of sp³-hybridized carbons (Fsp3) is 0.217. The molecule has 0 atom stereocenters. The molecule has 29 heavy (non-hydrogen) atoms. The van der Waals surface area contributed by atoms with Crippen LogP contribution in [0.4, 0.5) is 11.5 Å². The number of nitrogens with two attached hydrogens (primary N) is 1. The highest BCUT2D eigenvalue weighted by Gasteiger charge is 2.11. The van der Waals surface area contributed by atoms with E-state index in [1.807, 2.05) is 55.5 Å². The van der Waals surface area contributed by atoms with Crippen LogP contribution in [0.3, 0.4) is 0 Å². The number of hydrogen-bond acceptors (Lipinski definition) is 5. The van der Waals surface area contributed by atoms with Gasteiger partial charge < -0.3 is 10.6 Å². The zero-order valence-corrected chi connectivity index (χ0v) is 16.6. The number of aryl methyl sites for hydroxylation is 1. The molecule has 0 aliphatic rings. The first kappa shape index (κ1) is 20.2. The lowest BCUT2D eigenvalue weighted by Gasteiger charge is -2.16. The molecule has 3 aromatic rings. The Morgan fingerprint density at radius 1 is 1.03 bits per heavy atom. The lowest BCUT2D eigenvalue weighted by Crippen LogP contribution is -2.25. The molecule has 0 aliphatic carbocycles. The zero-order chi connectivity index (χ0) is 20.8. The summed E-state index contributed by atoms with van der Waals surface area (Å²) in [6, 6.07) is 14.8. The van der Waals surface area contributed by atoms with Crippen molar-refractivity contribution in [2.45, 2.75) is 26.2 Å². The summed E-state index contributed by atoms with van der Waals surface area (Å²) in [5, 5.41) is 0. The topological polar surface area (TPSA) is 89.2 Å². The molecule has 1 amide bonds. The van der Waals surface area contributed by atoms with Crippen LogP contribution >= 0.6 is 0 Å². The molecule has 0 bridgehead atoms. The summed E-state index contributed by atoms with van der Waals surface area (Å²) in [4.78, 5) is 34.3. The molecule has 0 fully saturated rings. The van der Waals surface area contributed by atoms with Crippen LogP contribution < -0.4 is 10.6 Å². The van der Waals surface area contributed by atoms with Gasteiger partial charge in [-0.15, -0.1) is 0 Å². The summed E-state index contributed by atoms with van der Waals surface area (Å²) in [5.41, 5.74) is 9.82. The maximum absolute atomic E-state index is 12.5. The first-order valence-electron chi connectivity index (χ1n) is 9.55. The van der Waals surface area contributed by atoms with Crippen molar-refractivity contribution in [2.75, 3.05) is 17.7 Å². The average Bonchev–Trinajstić information content (AvgIpc) is 2.77. The Morgan fingerprint density at radius 3 is 2.41 bits per heavy atom. The number of ketones is 1. The van der Waals surface area contributed by atoms with Gasteiger partial charge >= 0.3 is 0 Å². The molecule has 0 radical (unpaired) electrons. The van der Waals surface area contributed by atoms with E-state index in [0.29, 0.717) is 30.6 Å². The van der Waals surface area contributed by atoms with Gasteiger partial charge in [0, 0.05) is 37.2 Å². The van der Waals surface area contributed by atoms with E-state index in [1.165, 1.54) is 0 Å². The van der Waals surface area contributed by atoms with Gasteiger partial charge in [-0.05, 0) is 30.2 Å². The predicted molar refractivity (Wildman–Crippen MR) is 115 cm³/mol. The van der Waals surface area contributed by atoms with Gasteiger partial charge in [0.2, 0.25) is 5.91 Å². The molecule has 0 saturated carbocycles. The Morgan fingerprint density at radius 2 is 1.79 bits per heavy atom. The molecule has 2 aromatic heterocycles. The molecule has 2 N–H and O–H groups in total. The standard InChI is InChI=1S/C23H24N4O2/c1-3-22(29)27(2)19-11-12-20(26-15-19)16-6-8-17(9-7-16)21(28)13-10-18-5-4-14-25-23(18)24/h4-9,11-12,14-15H,3,10,13H2,1-2H3,(H2,24,25). The largest absolute Gasteiger partial charge is 0.383 e. The summed E-state index contributed by atoms with van der Waals surface area (Å²) in [5.74, 6) is 0.565. The molecule has 0 unspecified atom stereocenters. The van der Waals surface area contributed by atoms with Crippen molar-refractivity contribution in [2.24, 2.45) is 0 Å². The fourth-order valence-electron chi connectivity index (χ4n) is 3.02. The Hall–Kier alpha value is -3.54. The van der Waals surface area contributed by atoms with Gasteiger partial charge in [0.1, 0.15) is 5.82 Å². The van der Waals surface area contributed by atoms with Crippen LogP contribution in [-0.2, 0) is 11.2 Å². The molecule has 6 nitrogen and oxygen atoms in total. The normalized spacial score (nSPS) is 10.6. The SMILES string of the molecule is CCC(=O)N(C)c1ccc(-c2ccc(C(=O)CCc3cccnc3N)cc2)nc1. The van der Waals surface area contributed by atoms with Crippen molar-refractivity contribution < 1.29 is 9.59 Å². The number of Topliss-reactive ketones (excluding diaryl/α,β-unsaturated/α-hetero) is 1. The van der Waals surface area contributed by atoms with Crippen LogP contribution in [0.15, 0.2) is 60.9 Å². The first-order chi connectivity index (χ1) is 14.0. The minimum absolute atomic E-state index is 0.0375. The second-order valence-corrected chi connectivity index (χ2v) is 6.76. The third-order valence-electron chi connectivity index (χ3n) is 4.86. The number of carbonyl (C=O) groups excluding carboxylic acids is 2. The van der Waals surface area contributed by atoms with E-state index in [4.69, 9.17) is 5.73 Å². The van der Waals surface area contributed by atoms with Gasteiger partial charge in [-0.25, -0.2) is 4.98 Å². The average molecular weight is 388 g/mol. The van der Waals surface area contributed by atoms with Crippen LogP contribution in [0.1, 0.15) is 35.7 Å². The number of amides is 1. The van der Waals surface area contributed by atoms with E-state index in [1.54, 1.807) is 24.3 Å². The third-order valence-corrected chi connectivity index (χ3v) is 4.86. The quantitative estimate of drug-likeness (QED) is 0.620. The number of pyridine rings is 2. The van der Waals surface area contributed by atoms with Gasteiger partial charge in [-0.2, -0.15) is 0 Å². The van der Waals surface area contributed by atoms with Crippen molar-refractivity contribution in [1.29, 1.82) is 0 Å². The van der Waals surface area contributed by atoms with Gasteiger partial charge in [0.15, 0.2) is 5.78 Å². The molecule has 2 heterocycles. The van der Waals surface area contributed by atoms with Gasteiger partial charge in [0.05, 0.1) is 17.6 Å². The van der Waals surface area contributed by atoms with Crippen LogP contribution in [0.2, 0.25) is 0 Å². The van der Waals surface area contributed by atoms with E-state index in [9.17, 15) is 9.59 Å². The number of carbonyl (C=O) groups is 2. The maximum Gasteiger partial charge on any atom is 0.226 e. The van der Waals surface area contributed by atoms with E-state index in [0.717, 1.165) is 22.5 Å². The van der Waals surface area contributed by atoms with Crippen LogP contribution in [-0.4, -0.2) is 28.7 Å². The van der Waals surface area contributed by atoms with Gasteiger partial charge in [0.25, 0.3) is 0 Å². The third kappa shape index (κ3) is 4.85. The molecule has 6 heteroatoms. The minimum atomic E-state index is 0.0375. The molecule has 0 aliphatic heterocycles. The second kappa shape index (κ2) is 9.10. The lowest BCUT2D eigenvalue weighted by molar-refractivity contribution is -0.118. The highest BCUT2D eigenvalue weighted by Crippen LogP contribution is 2.21. The number of anilines is 2. The highest BCUT2D eigenvalue weighted by molar-refractivity contribution is 5.96. The second-order valence-electron chi connectivity index (χ2n) is 6.76. The Kier molecular flexibility index (Phi) is 6.34. The molecule has 1 aromatic carbocycles. The number of nitrogen functional groups attached to an aromatic ring is 1. The number of aromatic nitrogens is 2. The summed E-state index contributed by atoms with van der Waals surface area (Å²) in [7, 11) is 1.74. The Bertz CT molecular complexity index is 998. The van der Waals surface area contributed by atoms with Crippen LogP contribution in [0.5, 0.6) is 0 Å². The van der Waals surface area contributed by atoms with Gasteiger partial charge in [-0.3, -0.25) is 14.6 Å². The molecular weight excluding hydrogens is 364 g/mol. The van der Waals surface area contributed by atoms with Crippen molar-refractivity contribution in [3.05, 3.63) is 72.1 Å². The molecule has 0 saturated heterocycles. The lowest BCUT2D eigenvalue weighted by atomic mass is 10.0. The van der Waals surface area contributed by atoms with Gasteiger partial charge in [-0.1, -0.05) is 37.3 Å². The molecule has 148 valence electrons. The van der Waals surface area contributed by atoms with E-state index in [-0.39, 0.29) is 11.7 Å². The van der Waals surface area contributed by atoms with E-state index >= 15 is 0 Å². The van der Waals surface area contributed by atoms with Crippen molar-refractivity contribution in [1.82, 2.24) is 9.97 Å². The maximum atomic E-state index is 12.5. The number of hydrogen-bond donors (Lipinski definition) is 1. The van der Waals surface area contributed by atoms with Crippen LogP contribution in [0, 0.1) is 0 Å². The molecule has 3 rings (SSSR count). The fourth-order valence-corrected chi connectivity index (χ4v) is 3.02. The number of nitrogens with zero attached hydrogens (tertiary/aromatic N) is 3. The van der Waals surface area contributed by atoms with Crippen molar-refractivity contribution in [3.63, 3.8) is 0 Å². The predicted octanol–water partition coefficient (Wildman–Crippen LogP) is 3.91. The Balaban J connectivity index is 1.66. The summed E-state index contributed by atoms with van der Waals surface area (Å²) >= 11 is 0. The number of rotatable bonds is 7. The summed E-state index contributed by atoms with van der Waals surface area (Å²) in [6.07, 6.45) is 4.70.